The Morgan fingerprint density at radius 1 is 1.16 bits per heavy atom. The van der Waals surface area contributed by atoms with E-state index in [1.165, 1.54) is 12.1 Å². The van der Waals surface area contributed by atoms with Crippen LogP contribution in [0.2, 0.25) is 0 Å². The first kappa shape index (κ1) is 22.8. The fourth-order valence-electron chi connectivity index (χ4n) is 3.46. The molecule has 0 bridgehead atoms. The summed E-state index contributed by atoms with van der Waals surface area (Å²) in [6, 6.07) is 6.07. The summed E-state index contributed by atoms with van der Waals surface area (Å²) >= 11 is 0. The molecule has 1 saturated heterocycles. The van der Waals surface area contributed by atoms with Gasteiger partial charge in [0.15, 0.2) is 0 Å². The number of carbonyl (C=O) groups excluding carboxylic acids is 2. The van der Waals surface area contributed by atoms with Gasteiger partial charge in [0, 0.05) is 38.9 Å². The molecule has 1 unspecified atom stereocenters. The van der Waals surface area contributed by atoms with Crippen molar-refractivity contribution in [3.8, 4) is 0 Å². The van der Waals surface area contributed by atoms with Crippen LogP contribution in [0.5, 0.6) is 0 Å². The van der Waals surface area contributed by atoms with Crippen LogP contribution in [0.3, 0.4) is 0 Å². The highest BCUT2D eigenvalue weighted by Crippen LogP contribution is 2.29. The molecule has 2 amide bonds. The lowest BCUT2D eigenvalue weighted by Gasteiger charge is -2.38. The standard InChI is InChI=1S/C21H26F3N5O2/c1-3-29-11-9-17(26-29)20(31)28-13-12-27(2)18(14-28)19(30)25-10-8-15-4-6-16(7-5-15)21(22,23)24/h4-7,9,11,18H,3,8,10,12-14H2,1-2H3,(H,25,30). The van der Waals surface area contributed by atoms with Gasteiger partial charge in [-0.15, -0.1) is 0 Å². The molecule has 1 fully saturated rings. The molecule has 7 nitrogen and oxygen atoms in total. The number of alkyl halides is 3. The maximum absolute atomic E-state index is 12.7. The van der Waals surface area contributed by atoms with Crippen LogP contribution in [-0.4, -0.2) is 70.7 Å². The Morgan fingerprint density at radius 2 is 1.87 bits per heavy atom. The van der Waals surface area contributed by atoms with Gasteiger partial charge in [0.1, 0.15) is 11.7 Å². The number of piperazine rings is 1. The number of benzene rings is 1. The molecule has 1 aliphatic heterocycles. The molecule has 1 atom stereocenters. The Balaban J connectivity index is 1.53. The lowest BCUT2D eigenvalue weighted by Crippen LogP contribution is -2.58. The number of halogens is 3. The van der Waals surface area contributed by atoms with Gasteiger partial charge in [0.2, 0.25) is 5.91 Å². The molecule has 2 aromatic rings. The predicted octanol–water partition coefficient (Wildman–Crippen LogP) is 2.04. The minimum absolute atomic E-state index is 0.206. The Morgan fingerprint density at radius 3 is 2.48 bits per heavy atom. The van der Waals surface area contributed by atoms with E-state index in [-0.39, 0.29) is 18.4 Å². The summed E-state index contributed by atoms with van der Waals surface area (Å²) in [5.74, 6) is -0.422. The number of nitrogens with zero attached hydrogens (tertiary/aromatic N) is 4. The van der Waals surface area contributed by atoms with E-state index < -0.39 is 17.8 Å². The molecule has 1 aliphatic rings. The maximum atomic E-state index is 12.7. The van der Waals surface area contributed by atoms with Crippen LogP contribution in [0.25, 0.3) is 0 Å². The fourth-order valence-corrected chi connectivity index (χ4v) is 3.46. The average Bonchev–Trinajstić information content (AvgIpc) is 3.22. The minimum Gasteiger partial charge on any atom is -0.354 e. The first-order valence-corrected chi connectivity index (χ1v) is 10.2. The van der Waals surface area contributed by atoms with E-state index in [1.54, 1.807) is 21.8 Å². The lowest BCUT2D eigenvalue weighted by atomic mass is 10.1. The van der Waals surface area contributed by atoms with Crippen molar-refractivity contribution < 1.29 is 22.8 Å². The first-order chi connectivity index (χ1) is 14.7. The van der Waals surface area contributed by atoms with E-state index in [2.05, 4.69) is 10.4 Å². The van der Waals surface area contributed by atoms with E-state index in [9.17, 15) is 22.8 Å². The molecule has 31 heavy (non-hydrogen) atoms. The molecule has 0 spiro atoms. The summed E-state index contributed by atoms with van der Waals surface area (Å²) in [6.45, 7) is 4.20. The molecule has 10 heteroatoms. The van der Waals surface area contributed by atoms with Crippen molar-refractivity contribution in [3.63, 3.8) is 0 Å². The van der Waals surface area contributed by atoms with E-state index in [0.717, 1.165) is 12.1 Å². The molecule has 1 aromatic heterocycles. The number of aryl methyl sites for hydroxylation is 1. The van der Waals surface area contributed by atoms with E-state index >= 15 is 0 Å². The van der Waals surface area contributed by atoms with Crippen molar-refractivity contribution >= 4 is 11.8 Å². The SMILES string of the molecule is CCn1ccc(C(=O)N2CCN(C)C(C(=O)NCCc3ccc(C(F)(F)F)cc3)C2)n1. The predicted molar refractivity (Wildman–Crippen MR) is 108 cm³/mol. The Labute approximate surface area is 178 Å². The average molecular weight is 437 g/mol. The van der Waals surface area contributed by atoms with E-state index in [0.29, 0.717) is 43.9 Å². The number of carbonyl (C=O) groups is 2. The third kappa shape index (κ3) is 5.63. The van der Waals surface area contributed by atoms with Crippen LogP contribution < -0.4 is 5.32 Å². The topological polar surface area (TPSA) is 70.5 Å². The number of aromatic nitrogens is 2. The van der Waals surface area contributed by atoms with Crippen LogP contribution in [0, 0.1) is 0 Å². The van der Waals surface area contributed by atoms with Gasteiger partial charge in [0.05, 0.1) is 5.56 Å². The zero-order chi connectivity index (χ0) is 22.6. The fraction of sp³-hybridized carbons (Fsp3) is 0.476. The number of amides is 2. The second kappa shape index (κ2) is 9.51. The van der Waals surface area contributed by atoms with E-state index in [1.807, 2.05) is 18.9 Å². The smallest absolute Gasteiger partial charge is 0.354 e. The molecule has 0 saturated carbocycles. The molecule has 0 aliphatic carbocycles. The third-order valence-corrected chi connectivity index (χ3v) is 5.42. The van der Waals surface area contributed by atoms with Crippen LogP contribution in [0.15, 0.2) is 36.5 Å². The van der Waals surface area contributed by atoms with Crippen LogP contribution in [-0.2, 0) is 23.9 Å². The molecule has 3 rings (SSSR count). The van der Waals surface area contributed by atoms with Gasteiger partial charge < -0.3 is 10.2 Å². The van der Waals surface area contributed by atoms with Crippen LogP contribution in [0.4, 0.5) is 13.2 Å². The zero-order valence-corrected chi connectivity index (χ0v) is 17.5. The lowest BCUT2D eigenvalue weighted by molar-refractivity contribution is -0.137. The van der Waals surface area contributed by atoms with Gasteiger partial charge in [-0.25, -0.2) is 0 Å². The number of likely N-dealkylation sites (N-methyl/N-ethyl adjacent to an activating group) is 1. The van der Waals surface area contributed by atoms with Crippen molar-refractivity contribution in [2.75, 3.05) is 33.2 Å². The molecule has 168 valence electrons. The van der Waals surface area contributed by atoms with Crippen molar-refractivity contribution in [1.29, 1.82) is 0 Å². The third-order valence-electron chi connectivity index (χ3n) is 5.42. The van der Waals surface area contributed by atoms with Crippen molar-refractivity contribution in [1.82, 2.24) is 24.9 Å². The van der Waals surface area contributed by atoms with Crippen molar-refractivity contribution in [2.24, 2.45) is 0 Å². The highest BCUT2D eigenvalue weighted by atomic mass is 19.4. The highest BCUT2D eigenvalue weighted by Gasteiger charge is 2.33. The normalized spacial score (nSPS) is 17.6. The van der Waals surface area contributed by atoms with Gasteiger partial charge in [-0.3, -0.25) is 19.2 Å². The number of hydrogen-bond acceptors (Lipinski definition) is 4. The minimum atomic E-state index is -4.36. The number of rotatable bonds is 6. The molecule has 0 radical (unpaired) electrons. The molecular weight excluding hydrogens is 411 g/mol. The largest absolute Gasteiger partial charge is 0.416 e. The number of hydrogen-bond donors (Lipinski definition) is 1. The second-order valence-electron chi connectivity index (χ2n) is 7.54. The monoisotopic (exact) mass is 437 g/mol. The van der Waals surface area contributed by atoms with Gasteiger partial charge in [-0.2, -0.15) is 18.3 Å². The van der Waals surface area contributed by atoms with Gasteiger partial charge in [-0.05, 0) is 44.2 Å². The molecule has 1 aromatic carbocycles. The molecule has 2 heterocycles. The summed E-state index contributed by atoms with van der Waals surface area (Å²) in [7, 11) is 1.83. The summed E-state index contributed by atoms with van der Waals surface area (Å²) in [5, 5.41) is 7.07. The van der Waals surface area contributed by atoms with E-state index in [4.69, 9.17) is 0 Å². The Kier molecular flexibility index (Phi) is 6.99. The summed E-state index contributed by atoms with van der Waals surface area (Å²) in [6.07, 6.45) is -2.21. The molecular formula is C21H26F3N5O2. The molecule has 1 N–H and O–H groups in total. The van der Waals surface area contributed by atoms with Crippen LogP contribution >= 0.6 is 0 Å². The maximum Gasteiger partial charge on any atom is 0.416 e. The second-order valence-corrected chi connectivity index (χ2v) is 7.54. The van der Waals surface area contributed by atoms with Crippen LogP contribution in [0.1, 0.15) is 28.5 Å². The summed E-state index contributed by atoms with van der Waals surface area (Å²) < 4.78 is 39.6. The van der Waals surface area contributed by atoms with Crippen molar-refractivity contribution in [3.05, 3.63) is 53.3 Å². The van der Waals surface area contributed by atoms with Crippen molar-refractivity contribution in [2.45, 2.75) is 32.1 Å². The quantitative estimate of drug-likeness (QED) is 0.751. The number of nitrogens with one attached hydrogen (secondary N) is 1. The van der Waals surface area contributed by atoms with Gasteiger partial charge in [-0.1, -0.05) is 12.1 Å². The Bertz CT molecular complexity index is 910. The first-order valence-electron chi connectivity index (χ1n) is 10.2. The van der Waals surface area contributed by atoms with Gasteiger partial charge in [0.25, 0.3) is 5.91 Å². The Hall–Kier alpha value is -2.88. The van der Waals surface area contributed by atoms with Gasteiger partial charge >= 0.3 is 6.18 Å². The summed E-state index contributed by atoms with van der Waals surface area (Å²) in [5.41, 5.74) is 0.360. The highest BCUT2D eigenvalue weighted by molar-refractivity contribution is 5.93. The summed E-state index contributed by atoms with van der Waals surface area (Å²) in [4.78, 5) is 28.9. The zero-order valence-electron chi connectivity index (χ0n) is 17.5.